The van der Waals surface area contributed by atoms with Crippen LogP contribution in [-0.4, -0.2) is 39.2 Å². The molecule has 0 N–H and O–H groups in total. The average Bonchev–Trinajstić information content (AvgIpc) is 3.63. The summed E-state index contributed by atoms with van der Waals surface area (Å²) in [4.78, 5) is 34.6. The lowest BCUT2D eigenvalue weighted by atomic mass is 9.75. The van der Waals surface area contributed by atoms with E-state index in [4.69, 9.17) is 0 Å². The topological polar surface area (TPSA) is 55.2 Å². The maximum atomic E-state index is 13.9. The van der Waals surface area contributed by atoms with Gasteiger partial charge in [-0.1, -0.05) is 38.0 Å². The number of hydrogen-bond donors (Lipinski definition) is 0. The van der Waals surface area contributed by atoms with E-state index < -0.39 is 0 Å². The van der Waals surface area contributed by atoms with Gasteiger partial charge < -0.3 is 9.47 Å². The SMILES string of the molecule is C[C@@H]1CCN(C(=O)[C@@H]2CCCC[C@@H]2C(=O)c2cccs2)C[C@@H]1n1ccc2cnc3c(c21)C=CC3. The molecule has 1 saturated heterocycles. The van der Waals surface area contributed by atoms with E-state index in [1.54, 1.807) is 0 Å². The number of allylic oxidation sites excluding steroid dienone is 1. The van der Waals surface area contributed by atoms with Crippen molar-refractivity contribution in [1.29, 1.82) is 0 Å². The number of ketones is 1. The Morgan fingerprint density at radius 3 is 2.79 bits per heavy atom. The zero-order chi connectivity index (χ0) is 23.2. The van der Waals surface area contributed by atoms with Gasteiger partial charge in [-0.15, -0.1) is 11.3 Å². The van der Waals surface area contributed by atoms with Crippen LogP contribution in [0.15, 0.2) is 42.0 Å². The fourth-order valence-electron chi connectivity index (χ4n) is 6.31. The second-order valence-electron chi connectivity index (χ2n) is 10.2. The summed E-state index contributed by atoms with van der Waals surface area (Å²) in [5, 5.41) is 3.11. The molecule has 0 spiro atoms. The molecule has 4 atom stereocenters. The summed E-state index contributed by atoms with van der Waals surface area (Å²) in [5.74, 6) is 0.472. The fraction of sp³-hybridized carbons (Fsp3) is 0.464. The summed E-state index contributed by atoms with van der Waals surface area (Å²) in [6, 6.07) is 6.21. The summed E-state index contributed by atoms with van der Waals surface area (Å²) >= 11 is 1.50. The van der Waals surface area contributed by atoms with E-state index in [1.165, 1.54) is 22.4 Å². The Hall–Kier alpha value is -2.73. The van der Waals surface area contributed by atoms with Crippen molar-refractivity contribution in [1.82, 2.24) is 14.5 Å². The van der Waals surface area contributed by atoms with Crippen LogP contribution < -0.4 is 0 Å². The Morgan fingerprint density at radius 2 is 1.97 bits per heavy atom. The third kappa shape index (κ3) is 3.63. The monoisotopic (exact) mass is 473 g/mol. The van der Waals surface area contributed by atoms with Crippen LogP contribution in [0.1, 0.15) is 66.0 Å². The van der Waals surface area contributed by atoms with Gasteiger partial charge in [0.1, 0.15) is 0 Å². The van der Waals surface area contributed by atoms with Gasteiger partial charge in [0.25, 0.3) is 0 Å². The summed E-state index contributed by atoms with van der Waals surface area (Å²) < 4.78 is 2.39. The maximum Gasteiger partial charge on any atom is 0.226 e. The maximum absolute atomic E-state index is 13.9. The molecule has 0 radical (unpaired) electrons. The lowest BCUT2D eigenvalue weighted by Crippen LogP contribution is -2.48. The van der Waals surface area contributed by atoms with Crippen LogP contribution in [-0.2, 0) is 11.2 Å². The third-order valence-electron chi connectivity index (χ3n) is 8.24. The molecule has 176 valence electrons. The summed E-state index contributed by atoms with van der Waals surface area (Å²) in [6.07, 6.45) is 14.1. The Balaban J connectivity index is 1.28. The number of pyridine rings is 1. The first kappa shape index (κ1) is 21.8. The molecular weight excluding hydrogens is 442 g/mol. The zero-order valence-electron chi connectivity index (χ0n) is 19.7. The highest BCUT2D eigenvalue weighted by Crippen LogP contribution is 2.38. The molecule has 4 heterocycles. The third-order valence-corrected chi connectivity index (χ3v) is 9.12. The highest BCUT2D eigenvalue weighted by Gasteiger charge is 2.40. The van der Waals surface area contributed by atoms with Gasteiger partial charge in [-0.25, -0.2) is 0 Å². The Kier molecular flexibility index (Phi) is 5.64. The Labute approximate surface area is 204 Å². The van der Waals surface area contributed by atoms with Crippen LogP contribution in [0.25, 0.3) is 17.0 Å². The van der Waals surface area contributed by atoms with E-state index in [0.29, 0.717) is 12.5 Å². The molecule has 3 aromatic heterocycles. The minimum atomic E-state index is -0.185. The molecule has 2 aliphatic carbocycles. The van der Waals surface area contributed by atoms with Gasteiger partial charge in [-0.3, -0.25) is 14.6 Å². The van der Waals surface area contributed by atoms with Gasteiger partial charge in [-0.05, 0) is 42.7 Å². The number of fused-ring (bicyclic) bond motifs is 3. The number of Topliss-reactive ketones (excluding diaryl/α,β-unsaturated/α-hetero) is 1. The predicted molar refractivity (Wildman–Crippen MR) is 136 cm³/mol. The van der Waals surface area contributed by atoms with E-state index in [2.05, 4.69) is 45.8 Å². The predicted octanol–water partition coefficient (Wildman–Crippen LogP) is 5.77. The number of thiophene rings is 1. The molecule has 0 unspecified atom stereocenters. The molecule has 34 heavy (non-hydrogen) atoms. The van der Waals surface area contributed by atoms with Gasteiger partial charge in [-0.2, -0.15) is 0 Å². The number of rotatable bonds is 4. The Morgan fingerprint density at radius 1 is 1.12 bits per heavy atom. The second-order valence-corrected chi connectivity index (χ2v) is 11.2. The molecule has 0 aromatic carbocycles. The number of likely N-dealkylation sites (tertiary alicyclic amines) is 1. The van der Waals surface area contributed by atoms with E-state index in [9.17, 15) is 9.59 Å². The number of amides is 1. The van der Waals surface area contributed by atoms with E-state index in [1.807, 2.05) is 23.7 Å². The Bertz CT molecular complexity index is 1260. The summed E-state index contributed by atoms with van der Waals surface area (Å²) in [6.45, 7) is 3.80. The van der Waals surface area contributed by atoms with Crippen molar-refractivity contribution in [2.75, 3.05) is 13.1 Å². The van der Waals surface area contributed by atoms with Crippen LogP contribution in [0.2, 0.25) is 0 Å². The molecule has 1 amide bonds. The quantitative estimate of drug-likeness (QED) is 0.452. The normalized spacial score (nSPS) is 26.7. The van der Waals surface area contributed by atoms with Gasteiger partial charge in [0.15, 0.2) is 5.78 Å². The number of carbonyl (C=O) groups is 2. The minimum Gasteiger partial charge on any atom is -0.342 e. The van der Waals surface area contributed by atoms with Crippen molar-refractivity contribution < 1.29 is 9.59 Å². The lowest BCUT2D eigenvalue weighted by Gasteiger charge is -2.41. The molecule has 1 saturated carbocycles. The first-order valence-electron chi connectivity index (χ1n) is 12.6. The molecule has 6 rings (SSSR count). The molecular formula is C28H31N3O2S. The molecule has 0 bridgehead atoms. The van der Waals surface area contributed by atoms with Crippen molar-refractivity contribution in [3.63, 3.8) is 0 Å². The van der Waals surface area contributed by atoms with Crippen LogP contribution in [0.3, 0.4) is 0 Å². The lowest BCUT2D eigenvalue weighted by molar-refractivity contribution is -0.140. The molecule has 3 aliphatic rings. The summed E-state index contributed by atoms with van der Waals surface area (Å²) in [7, 11) is 0. The van der Waals surface area contributed by atoms with Crippen molar-refractivity contribution in [2.24, 2.45) is 17.8 Å². The van der Waals surface area contributed by atoms with E-state index >= 15 is 0 Å². The van der Waals surface area contributed by atoms with Gasteiger partial charge in [0.2, 0.25) is 5.91 Å². The van der Waals surface area contributed by atoms with E-state index in [-0.39, 0.29) is 29.6 Å². The highest BCUT2D eigenvalue weighted by molar-refractivity contribution is 7.12. The van der Waals surface area contributed by atoms with E-state index in [0.717, 1.165) is 61.0 Å². The van der Waals surface area contributed by atoms with Crippen LogP contribution >= 0.6 is 11.3 Å². The standard InChI is InChI=1S/C28H31N3O2S/c1-18-11-13-30(28(33)21-7-3-2-6-20(21)27(32)25-10-5-15-34-25)17-24(18)31-14-12-19-16-29-23-9-4-8-22(23)26(19)31/h4-5,8,10,12,14-16,18,20-21,24H,2-3,6-7,9,11,13,17H2,1H3/t18-,20+,21-,24+/m1/s1. The number of piperidine rings is 1. The minimum absolute atomic E-state index is 0.168. The van der Waals surface area contributed by atoms with Crippen molar-refractivity contribution >= 4 is 40.0 Å². The van der Waals surface area contributed by atoms with Crippen LogP contribution in [0, 0.1) is 17.8 Å². The highest BCUT2D eigenvalue weighted by atomic mass is 32.1. The summed E-state index contributed by atoms with van der Waals surface area (Å²) in [5.41, 5.74) is 3.61. The average molecular weight is 474 g/mol. The largest absolute Gasteiger partial charge is 0.342 e. The van der Waals surface area contributed by atoms with Gasteiger partial charge >= 0.3 is 0 Å². The first-order chi connectivity index (χ1) is 16.6. The van der Waals surface area contributed by atoms with Crippen LogP contribution in [0.5, 0.6) is 0 Å². The number of aromatic nitrogens is 2. The van der Waals surface area contributed by atoms with Crippen LogP contribution in [0.4, 0.5) is 0 Å². The fourth-order valence-corrected chi connectivity index (χ4v) is 7.03. The van der Waals surface area contributed by atoms with Gasteiger partial charge in [0.05, 0.1) is 22.1 Å². The smallest absolute Gasteiger partial charge is 0.226 e. The molecule has 3 aromatic rings. The second kappa shape index (κ2) is 8.81. The zero-order valence-corrected chi connectivity index (χ0v) is 20.5. The first-order valence-corrected chi connectivity index (χ1v) is 13.5. The molecule has 1 aliphatic heterocycles. The molecule has 5 nitrogen and oxygen atoms in total. The molecule has 6 heteroatoms. The number of carbonyl (C=O) groups excluding carboxylic acids is 2. The number of nitrogens with zero attached hydrogens (tertiary/aromatic N) is 3. The van der Waals surface area contributed by atoms with Gasteiger partial charge in [0, 0.05) is 54.7 Å². The molecule has 2 fully saturated rings. The van der Waals surface area contributed by atoms with Crippen molar-refractivity contribution in [2.45, 2.75) is 51.5 Å². The van der Waals surface area contributed by atoms with Crippen molar-refractivity contribution in [3.05, 3.63) is 58.2 Å². The van der Waals surface area contributed by atoms with Crippen molar-refractivity contribution in [3.8, 4) is 0 Å². The number of hydrogen-bond acceptors (Lipinski definition) is 4.